The van der Waals surface area contributed by atoms with Gasteiger partial charge in [-0.1, -0.05) is 13.8 Å². The molecule has 2 aliphatic carbocycles. The van der Waals surface area contributed by atoms with Crippen molar-refractivity contribution in [3.05, 3.63) is 0 Å². The van der Waals surface area contributed by atoms with Crippen molar-refractivity contribution in [2.75, 3.05) is 26.3 Å². The zero-order valence-electron chi connectivity index (χ0n) is 10.9. The summed E-state index contributed by atoms with van der Waals surface area (Å²) in [5.41, 5.74) is 0.734. The Kier molecular flexibility index (Phi) is 4.26. The number of nitrogens with one attached hydrogen (secondary N) is 1. The Morgan fingerprint density at radius 1 is 1.25 bits per heavy atom. The summed E-state index contributed by atoms with van der Waals surface area (Å²) in [5, 5.41) is 3.57. The van der Waals surface area contributed by atoms with Crippen LogP contribution in [0, 0.1) is 17.3 Å². The van der Waals surface area contributed by atoms with Crippen molar-refractivity contribution < 1.29 is 4.74 Å². The lowest BCUT2D eigenvalue weighted by Gasteiger charge is -2.15. The Morgan fingerprint density at radius 3 is 2.56 bits per heavy atom. The monoisotopic (exact) mass is 225 g/mol. The maximum absolute atomic E-state index is 5.59. The maximum Gasteiger partial charge on any atom is 0.0590 e. The fraction of sp³-hybridized carbons (Fsp3) is 1.00. The average molecular weight is 225 g/mol. The summed E-state index contributed by atoms with van der Waals surface area (Å²) < 4.78 is 5.59. The highest BCUT2D eigenvalue weighted by Crippen LogP contribution is 2.60. The van der Waals surface area contributed by atoms with Gasteiger partial charge in [0.15, 0.2) is 0 Å². The molecule has 2 aliphatic rings. The number of rotatable bonds is 9. The third kappa shape index (κ3) is 3.74. The Bertz CT molecular complexity index is 207. The Labute approximate surface area is 100 Å². The van der Waals surface area contributed by atoms with Gasteiger partial charge in [0.2, 0.25) is 0 Å². The molecule has 0 bridgehead atoms. The molecule has 0 saturated heterocycles. The lowest BCUT2D eigenvalue weighted by Crippen LogP contribution is -2.28. The molecule has 1 N–H and O–H groups in total. The second kappa shape index (κ2) is 5.50. The molecule has 2 heteroatoms. The van der Waals surface area contributed by atoms with E-state index in [9.17, 15) is 0 Å². The molecular formula is C14H27NO. The fourth-order valence-electron chi connectivity index (χ4n) is 2.49. The van der Waals surface area contributed by atoms with Gasteiger partial charge in [0.05, 0.1) is 6.61 Å². The lowest BCUT2D eigenvalue weighted by molar-refractivity contribution is 0.124. The molecule has 0 unspecified atom stereocenters. The number of hydrogen-bond acceptors (Lipinski definition) is 2. The number of hydrogen-bond donors (Lipinski definition) is 1. The molecule has 0 heterocycles. The zero-order chi connectivity index (χ0) is 11.4. The maximum atomic E-state index is 5.59. The van der Waals surface area contributed by atoms with Crippen LogP contribution in [0.25, 0.3) is 0 Å². The quantitative estimate of drug-likeness (QED) is 0.609. The van der Waals surface area contributed by atoms with Gasteiger partial charge in [-0.3, -0.25) is 0 Å². The van der Waals surface area contributed by atoms with Crippen molar-refractivity contribution in [3.8, 4) is 0 Å². The summed E-state index contributed by atoms with van der Waals surface area (Å²) in [4.78, 5) is 0. The van der Waals surface area contributed by atoms with Crippen LogP contribution in [0.5, 0.6) is 0 Å². The van der Waals surface area contributed by atoms with Crippen LogP contribution in [0.4, 0.5) is 0 Å². The van der Waals surface area contributed by atoms with E-state index in [0.717, 1.165) is 37.0 Å². The summed E-state index contributed by atoms with van der Waals surface area (Å²) in [6.07, 6.45) is 7.11. The second-order valence-electron chi connectivity index (χ2n) is 6.11. The molecule has 0 atom stereocenters. The van der Waals surface area contributed by atoms with Crippen LogP contribution in [0.3, 0.4) is 0 Å². The minimum atomic E-state index is 0.734. The molecule has 0 radical (unpaired) electrons. The SMILES string of the molecule is CC(C)CCOCCNCC1(C2CC2)CC1. The van der Waals surface area contributed by atoms with Crippen molar-refractivity contribution in [1.82, 2.24) is 5.32 Å². The first-order chi connectivity index (χ1) is 7.73. The predicted octanol–water partition coefficient (Wildman–Crippen LogP) is 2.83. The van der Waals surface area contributed by atoms with Gasteiger partial charge < -0.3 is 10.1 Å². The van der Waals surface area contributed by atoms with Crippen molar-refractivity contribution in [3.63, 3.8) is 0 Å². The van der Waals surface area contributed by atoms with Gasteiger partial charge in [0.1, 0.15) is 0 Å². The highest BCUT2D eigenvalue weighted by atomic mass is 16.5. The van der Waals surface area contributed by atoms with Crippen LogP contribution < -0.4 is 5.32 Å². The molecule has 0 aromatic carbocycles. The Balaban J connectivity index is 1.41. The topological polar surface area (TPSA) is 21.3 Å². The van der Waals surface area contributed by atoms with E-state index in [0.29, 0.717) is 0 Å². The molecule has 2 rings (SSSR count). The standard InChI is InChI=1S/C14H27NO/c1-12(2)5-9-16-10-8-15-11-14(6-7-14)13-3-4-13/h12-13,15H,3-11H2,1-2H3. The molecule has 2 fully saturated rings. The van der Waals surface area contributed by atoms with E-state index in [1.165, 1.54) is 38.6 Å². The normalized spacial score (nSPS) is 22.7. The van der Waals surface area contributed by atoms with Gasteiger partial charge in [-0.25, -0.2) is 0 Å². The molecule has 0 amide bonds. The Morgan fingerprint density at radius 2 is 2.00 bits per heavy atom. The summed E-state index contributed by atoms with van der Waals surface area (Å²) >= 11 is 0. The highest BCUT2D eigenvalue weighted by Gasteiger charge is 2.52. The second-order valence-corrected chi connectivity index (χ2v) is 6.11. The third-order valence-electron chi connectivity index (χ3n) is 4.08. The van der Waals surface area contributed by atoms with Gasteiger partial charge in [-0.05, 0) is 49.4 Å². The van der Waals surface area contributed by atoms with Gasteiger partial charge in [0.25, 0.3) is 0 Å². The number of ether oxygens (including phenoxy) is 1. The fourth-order valence-corrected chi connectivity index (χ4v) is 2.49. The lowest BCUT2D eigenvalue weighted by atomic mass is 10.0. The van der Waals surface area contributed by atoms with E-state index >= 15 is 0 Å². The van der Waals surface area contributed by atoms with Gasteiger partial charge in [0, 0.05) is 19.7 Å². The average Bonchev–Trinajstić information content (AvgIpc) is 3.09. The molecule has 2 saturated carbocycles. The molecule has 0 aromatic rings. The molecule has 94 valence electrons. The van der Waals surface area contributed by atoms with Gasteiger partial charge >= 0.3 is 0 Å². The third-order valence-corrected chi connectivity index (χ3v) is 4.08. The van der Waals surface area contributed by atoms with E-state index < -0.39 is 0 Å². The molecular weight excluding hydrogens is 198 g/mol. The molecule has 2 nitrogen and oxygen atoms in total. The van der Waals surface area contributed by atoms with E-state index in [4.69, 9.17) is 4.74 Å². The van der Waals surface area contributed by atoms with Crippen LogP contribution in [-0.4, -0.2) is 26.3 Å². The minimum Gasteiger partial charge on any atom is -0.380 e. The Hall–Kier alpha value is -0.0800. The van der Waals surface area contributed by atoms with Crippen molar-refractivity contribution in [1.29, 1.82) is 0 Å². The highest BCUT2D eigenvalue weighted by molar-refractivity contribution is 5.04. The zero-order valence-corrected chi connectivity index (χ0v) is 10.9. The van der Waals surface area contributed by atoms with Gasteiger partial charge in [-0.15, -0.1) is 0 Å². The first-order valence-electron chi connectivity index (χ1n) is 7.01. The molecule has 0 aromatic heterocycles. The molecule has 16 heavy (non-hydrogen) atoms. The smallest absolute Gasteiger partial charge is 0.0590 e. The molecule has 0 spiro atoms. The van der Waals surface area contributed by atoms with E-state index in [-0.39, 0.29) is 0 Å². The summed E-state index contributed by atoms with van der Waals surface area (Å²) in [6, 6.07) is 0. The molecule has 0 aliphatic heterocycles. The first-order valence-corrected chi connectivity index (χ1v) is 7.01. The largest absolute Gasteiger partial charge is 0.380 e. The minimum absolute atomic E-state index is 0.734. The van der Waals surface area contributed by atoms with Crippen LogP contribution in [0.15, 0.2) is 0 Å². The van der Waals surface area contributed by atoms with E-state index in [1.807, 2.05) is 0 Å². The van der Waals surface area contributed by atoms with Crippen LogP contribution in [0.1, 0.15) is 46.0 Å². The van der Waals surface area contributed by atoms with Crippen molar-refractivity contribution in [2.45, 2.75) is 46.0 Å². The van der Waals surface area contributed by atoms with Crippen LogP contribution >= 0.6 is 0 Å². The summed E-state index contributed by atoms with van der Waals surface area (Å²) in [6.45, 7) is 8.57. The van der Waals surface area contributed by atoms with Crippen LogP contribution in [0.2, 0.25) is 0 Å². The van der Waals surface area contributed by atoms with Crippen molar-refractivity contribution in [2.24, 2.45) is 17.3 Å². The van der Waals surface area contributed by atoms with E-state index in [1.54, 1.807) is 0 Å². The summed E-state index contributed by atoms with van der Waals surface area (Å²) in [5.74, 6) is 1.83. The van der Waals surface area contributed by atoms with Crippen LogP contribution in [-0.2, 0) is 4.74 Å². The summed E-state index contributed by atoms with van der Waals surface area (Å²) in [7, 11) is 0. The van der Waals surface area contributed by atoms with Crippen molar-refractivity contribution >= 4 is 0 Å². The van der Waals surface area contributed by atoms with Gasteiger partial charge in [-0.2, -0.15) is 0 Å². The predicted molar refractivity (Wildman–Crippen MR) is 67.5 cm³/mol. The van der Waals surface area contributed by atoms with E-state index in [2.05, 4.69) is 19.2 Å². The first kappa shape index (κ1) is 12.4.